The van der Waals surface area contributed by atoms with E-state index in [4.69, 9.17) is 4.74 Å². The summed E-state index contributed by atoms with van der Waals surface area (Å²) in [5.74, 6) is -0.715. The van der Waals surface area contributed by atoms with Crippen molar-refractivity contribution >= 4 is 55.9 Å². The van der Waals surface area contributed by atoms with E-state index in [2.05, 4.69) is 15.0 Å². The Bertz CT molecular complexity index is 1240. The van der Waals surface area contributed by atoms with E-state index < -0.39 is 49.9 Å². The van der Waals surface area contributed by atoms with Crippen molar-refractivity contribution in [1.82, 2.24) is 15.0 Å². The quantitative estimate of drug-likeness (QED) is 0.358. The van der Waals surface area contributed by atoms with Crippen LogP contribution >= 0.6 is 0 Å². The summed E-state index contributed by atoms with van der Waals surface area (Å²) in [5.41, 5.74) is -0.644. The number of aromatic amines is 1. The van der Waals surface area contributed by atoms with Crippen molar-refractivity contribution in [3.8, 4) is 0 Å². The number of carbonyl (C=O) groups excluding carboxylic acids is 1. The fourth-order valence-corrected chi connectivity index (χ4v) is 3.83. The molecule has 162 valence electrons. The summed E-state index contributed by atoms with van der Waals surface area (Å²) in [4.78, 5) is 23.7. The molecule has 13 heteroatoms. The molecule has 2 unspecified atom stereocenters. The summed E-state index contributed by atoms with van der Waals surface area (Å²) in [5, 5.41) is -1.32. The average Bonchev–Trinajstić information content (AvgIpc) is 3.01. The Morgan fingerprint density at radius 3 is 2.37 bits per heavy atom. The van der Waals surface area contributed by atoms with Crippen molar-refractivity contribution in [2.24, 2.45) is 0 Å². The maximum atomic E-state index is 14.7. The Morgan fingerprint density at radius 2 is 1.83 bits per heavy atom. The van der Waals surface area contributed by atoms with Crippen LogP contribution in [0.1, 0.15) is 26.3 Å². The van der Waals surface area contributed by atoms with Crippen molar-refractivity contribution in [3.63, 3.8) is 0 Å². The maximum absolute atomic E-state index is 14.7. The molecule has 2 atom stereocenters. The highest BCUT2D eigenvalue weighted by Crippen LogP contribution is 2.37. The van der Waals surface area contributed by atoms with E-state index in [1.54, 1.807) is 20.8 Å². The minimum absolute atomic E-state index is 0.0489. The van der Waals surface area contributed by atoms with Gasteiger partial charge < -0.3 is 18.8 Å². The molecule has 0 bridgehead atoms. The number of carbonyl (C=O) groups is 1. The Morgan fingerprint density at radius 1 is 1.20 bits per heavy atom. The lowest BCUT2D eigenvalue weighted by Crippen LogP contribution is -2.34. The van der Waals surface area contributed by atoms with Crippen LogP contribution in [-0.2, 0) is 26.9 Å². The van der Waals surface area contributed by atoms with E-state index in [-0.39, 0.29) is 33.2 Å². The van der Waals surface area contributed by atoms with Gasteiger partial charge in [-0.3, -0.25) is 13.3 Å². The molecule has 0 aliphatic heterocycles. The molecular weight excluding hydrogens is 439 g/mol. The van der Waals surface area contributed by atoms with Crippen LogP contribution in [0, 0.1) is 12.7 Å². The standard InChI is InChI=1S/C17H19FN4O6S2/c1-7-8(18)6-9(22(5)16(23)28-17(2,3)4)12-10(7)11-13(19-12)20-15(30(26)27)21-14(11)29(24)25/h6H,1-5H3,(H,24,25)(H,26,27)(H,19,20,21)/p-2. The van der Waals surface area contributed by atoms with Crippen LogP contribution in [0.25, 0.3) is 21.9 Å². The number of ether oxygens (including phenoxy) is 1. The number of amides is 1. The van der Waals surface area contributed by atoms with Gasteiger partial charge in [-0.05, 0) is 44.3 Å². The molecule has 0 aliphatic carbocycles. The van der Waals surface area contributed by atoms with Gasteiger partial charge >= 0.3 is 6.09 Å². The molecule has 2 aromatic heterocycles. The second-order valence-electron chi connectivity index (χ2n) is 7.42. The zero-order chi connectivity index (χ0) is 22.5. The van der Waals surface area contributed by atoms with Gasteiger partial charge in [0.25, 0.3) is 0 Å². The first-order chi connectivity index (χ1) is 13.8. The Balaban J connectivity index is 2.38. The second-order valence-corrected chi connectivity index (χ2v) is 9.11. The van der Waals surface area contributed by atoms with Crippen LogP contribution in [-0.4, -0.2) is 51.2 Å². The van der Waals surface area contributed by atoms with E-state index in [0.29, 0.717) is 0 Å². The number of aryl methyl sites for hydroxylation is 1. The molecule has 30 heavy (non-hydrogen) atoms. The van der Waals surface area contributed by atoms with Crippen molar-refractivity contribution in [3.05, 3.63) is 17.4 Å². The number of hydrogen-bond acceptors (Lipinski definition) is 8. The third-order valence-corrected chi connectivity index (χ3v) is 5.28. The van der Waals surface area contributed by atoms with Gasteiger partial charge in [0, 0.05) is 29.6 Å². The highest BCUT2D eigenvalue weighted by atomic mass is 32.2. The highest BCUT2D eigenvalue weighted by molar-refractivity contribution is 7.79. The first-order valence-corrected chi connectivity index (χ1v) is 10.6. The number of halogens is 1. The van der Waals surface area contributed by atoms with E-state index >= 15 is 0 Å². The molecule has 0 fully saturated rings. The lowest BCUT2D eigenvalue weighted by atomic mass is 10.1. The predicted octanol–water partition coefficient (Wildman–Crippen LogP) is 2.41. The zero-order valence-electron chi connectivity index (χ0n) is 16.6. The lowest BCUT2D eigenvalue weighted by Gasteiger charge is -2.25. The average molecular weight is 456 g/mol. The zero-order valence-corrected chi connectivity index (χ0v) is 18.2. The summed E-state index contributed by atoms with van der Waals surface area (Å²) < 4.78 is 66.1. The first kappa shape index (κ1) is 22.2. The molecule has 1 aromatic carbocycles. The SMILES string of the molecule is Cc1c(F)cc(N(C)C(=O)OC(C)(C)C)c2[nH]c3nc(S(=O)[O-])nc(S(=O)[O-])c3c12. The van der Waals surface area contributed by atoms with E-state index in [1.807, 2.05) is 0 Å². The van der Waals surface area contributed by atoms with E-state index in [0.717, 1.165) is 11.0 Å². The van der Waals surface area contributed by atoms with E-state index in [9.17, 15) is 26.7 Å². The van der Waals surface area contributed by atoms with Crippen molar-refractivity contribution in [2.75, 3.05) is 11.9 Å². The van der Waals surface area contributed by atoms with Gasteiger partial charge in [0.05, 0.1) is 16.6 Å². The number of aromatic nitrogens is 3. The van der Waals surface area contributed by atoms with Gasteiger partial charge in [0.1, 0.15) is 22.1 Å². The smallest absolute Gasteiger partial charge is 0.414 e. The molecule has 0 radical (unpaired) electrons. The predicted molar refractivity (Wildman–Crippen MR) is 105 cm³/mol. The lowest BCUT2D eigenvalue weighted by molar-refractivity contribution is 0.0589. The molecule has 10 nitrogen and oxygen atoms in total. The van der Waals surface area contributed by atoms with Crippen LogP contribution in [0.3, 0.4) is 0 Å². The van der Waals surface area contributed by atoms with Crippen LogP contribution in [0.5, 0.6) is 0 Å². The number of fused-ring (bicyclic) bond motifs is 3. The van der Waals surface area contributed by atoms with Gasteiger partial charge in [-0.1, -0.05) is 0 Å². The molecular formula is C17H17FN4O6S2-2. The third kappa shape index (κ3) is 3.93. The molecule has 0 saturated carbocycles. The number of benzene rings is 1. The molecule has 1 N–H and O–H groups in total. The summed E-state index contributed by atoms with van der Waals surface area (Å²) in [6.07, 6.45) is -0.772. The minimum Gasteiger partial charge on any atom is -0.767 e. The number of hydrogen-bond donors (Lipinski definition) is 1. The van der Waals surface area contributed by atoms with Crippen molar-refractivity contribution in [2.45, 2.75) is 43.5 Å². The molecule has 0 spiro atoms. The summed E-state index contributed by atoms with van der Waals surface area (Å²) in [6.45, 7) is 6.42. The topological polar surface area (TPSA) is 151 Å². The summed E-state index contributed by atoms with van der Waals surface area (Å²) >= 11 is -5.84. The Labute approximate surface area is 175 Å². The number of anilines is 1. The second kappa shape index (κ2) is 7.65. The van der Waals surface area contributed by atoms with Crippen LogP contribution < -0.4 is 4.90 Å². The molecule has 3 aromatic rings. The number of nitrogens with zero attached hydrogens (tertiary/aromatic N) is 3. The summed E-state index contributed by atoms with van der Waals surface area (Å²) in [6, 6.07) is 1.09. The van der Waals surface area contributed by atoms with Gasteiger partial charge in [-0.2, -0.15) is 0 Å². The van der Waals surface area contributed by atoms with Crippen LogP contribution in [0.15, 0.2) is 16.2 Å². The maximum Gasteiger partial charge on any atom is 0.414 e. The van der Waals surface area contributed by atoms with Crippen LogP contribution in [0.4, 0.5) is 14.9 Å². The molecule has 1 amide bonds. The molecule has 0 aliphatic rings. The minimum atomic E-state index is -2.94. The van der Waals surface area contributed by atoms with E-state index in [1.165, 1.54) is 14.0 Å². The van der Waals surface area contributed by atoms with Crippen molar-refractivity contribution < 1.29 is 31.4 Å². The number of H-pyrrole nitrogens is 1. The Kier molecular flexibility index (Phi) is 5.66. The van der Waals surface area contributed by atoms with Gasteiger partial charge in [0.2, 0.25) is 5.16 Å². The van der Waals surface area contributed by atoms with Gasteiger partial charge in [-0.25, -0.2) is 19.2 Å². The fraction of sp³-hybridized carbons (Fsp3) is 0.353. The highest BCUT2D eigenvalue weighted by Gasteiger charge is 2.26. The first-order valence-electron chi connectivity index (χ1n) is 8.49. The normalized spacial score (nSPS) is 14.1. The monoisotopic (exact) mass is 456 g/mol. The van der Waals surface area contributed by atoms with Crippen LogP contribution in [0.2, 0.25) is 0 Å². The number of nitrogens with one attached hydrogen (secondary N) is 1. The Hall–Kier alpha value is -2.48. The van der Waals surface area contributed by atoms with Gasteiger partial charge in [-0.15, -0.1) is 0 Å². The van der Waals surface area contributed by atoms with Gasteiger partial charge in [0.15, 0.2) is 0 Å². The molecule has 0 saturated heterocycles. The molecule has 3 rings (SSSR count). The largest absolute Gasteiger partial charge is 0.767 e. The van der Waals surface area contributed by atoms with Crippen molar-refractivity contribution in [1.29, 1.82) is 0 Å². The number of rotatable bonds is 3. The third-order valence-electron chi connectivity index (χ3n) is 4.19. The summed E-state index contributed by atoms with van der Waals surface area (Å²) in [7, 11) is 1.36. The fourth-order valence-electron chi connectivity index (χ4n) is 2.92. The molecule has 2 heterocycles.